The summed E-state index contributed by atoms with van der Waals surface area (Å²) in [7, 11) is 3.46. The number of carbonyl (C=O) groups is 1. The molecule has 0 radical (unpaired) electrons. The van der Waals surface area contributed by atoms with Gasteiger partial charge in [0.1, 0.15) is 16.9 Å². The van der Waals surface area contributed by atoms with Crippen LogP contribution in [0.15, 0.2) is 30.9 Å². The summed E-state index contributed by atoms with van der Waals surface area (Å²) in [4.78, 5) is 31.4. The first-order valence-corrected chi connectivity index (χ1v) is 11.1. The number of nitrogens with two attached hydrogens (primary N) is 1. The fourth-order valence-electron chi connectivity index (χ4n) is 4.14. The number of hydrogen-bond donors (Lipinski definition) is 3. The number of aromatic nitrogens is 5. The SMILES string of the molecule is CNc1nc(Nc2cc(F)c(N3CCOCC3)c(F)c2)c(C(N)=O)nc1-c1cncc2c1ncn2C. The number of fused-ring (bicyclic) bond motifs is 1. The molecule has 0 bridgehead atoms. The molecule has 11 nitrogen and oxygen atoms in total. The third kappa shape index (κ3) is 4.13. The van der Waals surface area contributed by atoms with Gasteiger partial charge >= 0.3 is 0 Å². The predicted molar refractivity (Wildman–Crippen MR) is 130 cm³/mol. The van der Waals surface area contributed by atoms with Gasteiger partial charge in [-0.3, -0.25) is 9.78 Å². The molecule has 4 heterocycles. The Bertz CT molecular complexity index is 1440. The lowest BCUT2D eigenvalue weighted by molar-refractivity contribution is 0.0996. The molecule has 1 amide bonds. The van der Waals surface area contributed by atoms with Gasteiger partial charge in [-0.1, -0.05) is 0 Å². The van der Waals surface area contributed by atoms with E-state index in [1.54, 1.807) is 35.2 Å². The number of anilines is 4. The smallest absolute Gasteiger partial charge is 0.271 e. The van der Waals surface area contributed by atoms with Crippen LogP contribution in [0, 0.1) is 11.6 Å². The fourth-order valence-corrected chi connectivity index (χ4v) is 4.14. The van der Waals surface area contributed by atoms with E-state index < -0.39 is 17.5 Å². The van der Waals surface area contributed by atoms with Crippen LogP contribution in [0.2, 0.25) is 0 Å². The molecule has 0 aliphatic carbocycles. The van der Waals surface area contributed by atoms with E-state index in [1.807, 2.05) is 7.05 Å². The highest BCUT2D eigenvalue weighted by molar-refractivity contribution is 5.99. The lowest BCUT2D eigenvalue weighted by atomic mass is 10.1. The van der Waals surface area contributed by atoms with Gasteiger partial charge in [0.2, 0.25) is 0 Å². The highest BCUT2D eigenvalue weighted by Gasteiger charge is 2.23. The average Bonchev–Trinajstić information content (AvgIpc) is 3.25. The highest BCUT2D eigenvalue weighted by Crippen LogP contribution is 2.33. The summed E-state index contributed by atoms with van der Waals surface area (Å²) in [6.07, 6.45) is 4.86. The number of rotatable bonds is 6. The van der Waals surface area contributed by atoms with Crippen molar-refractivity contribution in [2.45, 2.75) is 0 Å². The summed E-state index contributed by atoms with van der Waals surface area (Å²) >= 11 is 0. The van der Waals surface area contributed by atoms with Crippen LogP contribution in [0.4, 0.5) is 31.8 Å². The molecule has 36 heavy (non-hydrogen) atoms. The van der Waals surface area contributed by atoms with Crippen LogP contribution < -0.4 is 21.3 Å². The minimum absolute atomic E-state index is 0.0436. The number of morpholine rings is 1. The van der Waals surface area contributed by atoms with Crippen LogP contribution in [0.3, 0.4) is 0 Å². The van der Waals surface area contributed by atoms with E-state index in [4.69, 9.17) is 10.5 Å². The number of nitrogens with one attached hydrogen (secondary N) is 2. The number of imidazole rings is 1. The van der Waals surface area contributed by atoms with Gasteiger partial charge in [-0.05, 0) is 12.1 Å². The van der Waals surface area contributed by atoms with Crippen molar-refractivity contribution in [1.82, 2.24) is 24.5 Å². The molecule has 0 unspecified atom stereocenters. The van der Waals surface area contributed by atoms with Gasteiger partial charge in [0.15, 0.2) is 29.0 Å². The number of hydrogen-bond acceptors (Lipinski definition) is 9. The molecule has 1 aliphatic rings. The zero-order valence-electron chi connectivity index (χ0n) is 19.5. The first-order valence-electron chi connectivity index (χ1n) is 11.1. The third-order valence-corrected chi connectivity index (χ3v) is 5.87. The summed E-state index contributed by atoms with van der Waals surface area (Å²) in [6.45, 7) is 1.53. The van der Waals surface area contributed by atoms with E-state index in [2.05, 4.69) is 30.6 Å². The van der Waals surface area contributed by atoms with Crippen molar-refractivity contribution in [2.75, 3.05) is 48.9 Å². The number of halogens is 2. The van der Waals surface area contributed by atoms with E-state index in [1.165, 1.54) is 0 Å². The second-order valence-electron chi connectivity index (χ2n) is 8.16. The van der Waals surface area contributed by atoms with Gasteiger partial charge in [0, 0.05) is 39.1 Å². The Kier molecular flexibility index (Phi) is 6.06. The average molecular weight is 495 g/mol. The molecule has 3 aromatic heterocycles. The standard InChI is InChI=1S/C23H23F2N9O2/c1-27-22-18(13-9-28-10-16-17(13)29-11-33(16)2)31-19(21(26)35)23(32-22)30-12-7-14(24)20(15(25)8-12)34-3-5-36-6-4-34/h7-11H,3-6H2,1-2H3,(H2,26,35)(H2,27,30,32). The zero-order valence-corrected chi connectivity index (χ0v) is 19.5. The van der Waals surface area contributed by atoms with Crippen molar-refractivity contribution in [3.8, 4) is 11.3 Å². The van der Waals surface area contributed by atoms with Gasteiger partial charge < -0.3 is 30.6 Å². The molecule has 186 valence electrons. The van der Waals surface area contributed by atoms with Crippen LogP contribution in [0.25, 0.3) is 22.3 Å². The Morgan fingerprint density at radius 2 is 1.83 bits per heavy atom. The summed E-state index contributed by atoms with van der Waals surface area (Å²) in [6, 6.07) is 2.26. The molecule has 1 saturated heterocycles. The minimum atomic E-state index is -0.874. The van der Waals surface area contributed by atoms with E-state index in [0.29, 0.717) is 43.1 Å². The zero-order chi connectivity index (χ0) is 25.4. The number of pyridine rings is 1. The number of nitrogens with zero attached hydrogens (tertiary/aromatic N) is 6. The topological polar surface area (TPSA) is 136 Å². The Labute approximate surface area is 204 Å². The Hall–Kier alpha value is -4.39. The van der Waals surface area contributed by atoms with E-state index >= 15 is 0 Å². The maximum absolute atomic E-state index is 14.9. The van der Waals surface area contributed by atoms with Gasteiger partial charge in [0.25, 0.3) is 5.91 Å². The molecule has 1 aliphatic heterocycles. The molecule has 13 heteroatoms. The summed E-state index contributed by atoms with van der Waals surface area (Å²) in [5.41, 5.74) is 7.50. The summed E-state index contributed by atoms with van der Waals surface area (Å²) in [5.74, 6) is -2.17. The van der Waals surface area contributed by atoms with Crippen molar-refractivity contribution in [3.05, 3.63) is 48.2 Å². The Balaban J connectivity index is 1.56. The van der Waals surface area contributed by atoms with Crippen LogP contribution in [-0.2, 0) is 11.8 Å². The third-order valence-electron chi connectivity index (χ3n) is 5.87. The largest absolute Gasteiger partial charge is 0.378 e. The van der Waals surface area contributed by atoms with E-state index in [0.717, 1.165) is 17.6 Å². The summed E-state index contributed by atoms with van der Waals surface area (Å²) in [5, 5.41) is 5.73. The van der Waals surface area contributed by atoms with Gasteiger partial charge in [-0.2, -0.15) is 0 Å². The van der Waals surface area contributed by atoms with Gasteiger partial charge in [0.05, 0.1) is 36.8 Å². The highest BCUT2D eigenvalue weighted by atomic mass is 19.1. The van der Waals surface area contributed by atoms with Crippen LogP contribution in [0.1, 0.15) is 10.5 Å². The van der Waals surface area contributed by atoms with Crippen molar-refractivity contribution < 1.29 is 18.3 Å². The molecule has 4 N–H and O–H groups in total. The number of aryl methyl sites for hydroxylation is 1. The molecule has 4 aromatic rings. The van der Waals surface area contributed by atoms with E-state index in [9.17, 15) is 13.6 Å². The van der Waals surface area contributed by atoms with Crippen molar-refractivity contribution in [1.29, 1.82) is 0 Å². The first-order chi connectivity index (χ1) is 17.4. The molecule has 5 rings (SSSR count). The predicted octanol–water partition coefficient (Wildman–Crippen LogP) is 2.42. The van der Waals surface area contributed by atoms with Crippen molar-refractivity contribution in [2.24, 2.45) is 12.8 Å². The van der Waals surface area contributed by atoms with Crippen LogP contribution >= 0.6 is 0 Å². The van der Waals surface area contributed by atoms with Crippen molar-refractivity contribution in [3.63, 3.8) is 0 Å². The number of carbonyl (C=O) groups excluding carboxylic acids is 1. The first kappa shape index (κ1) is 23.4. The molecule has 1 aromatic carbocycles. The second kappa shape index (κ2) is 9.34. The lowest BCUT2D eigenvalue weighted by Gasteiger charge is -2.29. The quantitative estimate of drug-likeness (QED) is 0.368. The normalized spacial score (nSPS) is 13.7. The van der Waals surface area contributed by atoms with Gasteiger partial charge in [-0.25, -0.2) is 23.7 Å². The number of primary amides is 1. The Morgan fingerprint density at radius 1 is 1.11 bits per heavy atom. The van der Waals surface area contributed by atoms with Crippen molar-refractivity contribution >= 4 is 40.0 Å². The monoisotopic (exact) mass is 495 g/mol. The number of benzene rings is 1. The molecule has 1 fully saturated rings. The molecule has 0 saturated carbocycles. The molecule has 0 spiro atoms. The molecular weight excluding hydrogens is 472 g/mol. The molecular formula is C23H23F2N9O2. The minimum Gasteiger partial charge on any atom is -0.378 e. The van der Waals surface area contributed by atoms with Gasteiger partial charge in [-0.15, -0.1) is 0 Å². The lowest BCUT2D eigenvalue weighted by Crippen LogP contribution is -2.37. The Morgan fingerprint density at radius 3 is 2.50 bits per heavy atom. The second-order valence-corrected chi connectivity index (χ2v) is 8.16. The van der Waals surface area contributed by atoms with Crippen LogP contribution in [0.5, 0.6) is 0 Å². The number of ether oxygens (including phenoxy) is 1. The maximum atomic E-state index is 14.9. The fraction of sp³-hybridized carbons (Fsp3) is 0.261. The summed E-state index contributed by atoms with van der Waals surface area (Å²) < 4.78 is 36.9. The van der Waals surface area contributed by atoms with E-state index in [-0.39, 0.29) is 28.7 Å². The maximum Gasteiger partial charge on any atom is 0.271 e. The number of amides is 1. The molecule has 0 atom stereocenters. The van der Waals surface area contributed by atoms with Crippen LogP contribution in [-0.4, -0.2) is 63.8 Å².